The maximum absolute atomic E-state index is 11.4. The van der Waals surface area contributed by atoms with Gasteiger partial charge in [0.05, 0.1) is 4.92 Å². The van der Waals surface area contributed by atoms with E-state index in [0.29, 0.717) is 11.1 Å². The van der Waals surface area contributed by atoms with Gasteiger partial charge < -0.3 is 0 Å². The molecule has 0 aliphatic heterocycles. The lowest BCUT2D eigenvalue weighted by molar-refractivity contribution is -0.384. The van der Waals surface area contributed by atoms with Crippen molar-refractivity contribution in [1.29, 1.82) is 0 Å². The van der Waals surface area contributed by atoms with Crippen LogP contribution in [0.5, 0.6) is 0 Å². The second kappa shape index (κ2) is 5.01. The standard InChI is InChI=1S/C13H9NO3S/c15-13(18)12-4-2-1-3-11(12)9-5-7-10(8-6-9)14(16)17/h1-8H,(H,15,18). The van der Waals surface area contributed by atoms with Crippen molar-refractivity contribution in [3.63, 3.8) is 0 Å². The highest BCUT2D eigenvalue weighted by Gasteiger charge is 2.10. The number of nitro groups is 1. The summed E-state index contributed by atoms with van der Waals surface area (Å²) in [6, 6.07) is 13.1. The topological polar surface area (TPSA) is 60.2 Å². The maximum Gasteiger partial charge on any atom is 0.269 e. The number of benzene rings is 2. The van der Waals surface area contributed by atoms with Gasteiger partial charge in [0.1, 0.15) is 0 Å². The van der Waals surface area contributed by atoms with Crippen molar-refractivity contribution in [3.05, 3.63) is 64.2 Å². The molecule has 2 aromatic rings. The molecule has 0 N–H and O–H groups in total. The normalized spacial score (nSPS) is 10.1. The predicted molar refractivity (Wildman–Crippen MR) is 71.8 cm³/mol. The molecule has 0 aliphatic rings. The molecule has 0 atom stereocenters. The molecule has 0 saturated carbocycles. The summed E-state index contributed by atoms with van der Waals surface area (Å²) in [6.45, 7) is 0. The van der Waals surface area contributed by atoms with Crippen LogP contribution in [0.3, 0.4) is 0 Å². The number of nitrogens with zero attached hydrogens (tertiary/aromatic N) is 1. The van der Waals surface area contributed by atoms with E-state index in [2.05, 4.69) is 12.6 Å². The minimum Gasteiger partial charge on any atom is -0.282 e. The van der Waals surface area contributed by atoms with Gasteiger partial charge in [-0.05, 0) is 29.3 Å². The third-order valence-corrected chi connectivity index (χ3v) is 2.79. The Labute approximate surface area is 109 Å². The average molecular weight is 259 g/mol. The molecular weight excluding hydrogens is 250 g/mol. The Hall–Kier alpha value is -2.14. The number of hydrogen-bond acceptors (Lipinski definition) is 3. The molecular formula is C13H9NO3S. The summed E-state index contributed by atoms with van der Waals surface area (Å²) in [5.41, 5.74) is 1.97. The SMILES string of the molecule is O=C(S)c1ccccc1-c1ccc([N+](=O)[O-])cc1. The van der Waals surface area contributed by atoms with Gasteiger partial charge in [0, 0.05) is 17.7 Å². The van der Waals surface area contributed by atoms with Crippen LogP contribution in [0.2, 0.25) is 0 Å². The van der Waals surface area contributed by atoms with E-state index in [9.17, 15) is 14.9 Å². The zero-order chi connectivity index (χ0) is 13.1. The van der Waals surface area contributed by atoms with E-state index in [1.165, 1.54) is 12.1 Å². The number of thiol groups is 1. The van der Waals surface area contributed by atoms with Gasteiger partial charge in [-0.25, -0.2) is 0 Å². The molecule has 0 aromatic heterocycles. The van der Waals surface area contributed by atoms with Crippen LogP contribution in [0.4, 0.5) is 5.69 Å². The van der Waals surface area contributed by atoms with E-state index in [1.54, 1.807) is 36.4 Å². The zero-order valence-corrected chi connectivity index (χ0v) is 10.1. The molecule has 0 bridgehead atoms. The van der Waals surface area contributed by atoms with Crippen molar-refractivity contribution in [2.45, 2.75) is 0 Å². The number of carbonyl (C=O) groups is 1. The van der Waals surface area contributed by atoms with Gasteiger partial charge in [-0.1, -0.05) is 18.2 Å². The summed E-state index contributed by atoms with van der Waals surface area (Å²) in [6.07, 6.45) is 0. The van der Waals surface area contributed by atoms with Gasteiger partial charge in [-0.15, -0.1) is 12.6 Å². The predicted octanol–water partition coefficient (Wildman–Crippen LogP) is 3.33. The summed E-state index contributed by atoms with van der Waals surface area (Å²) in [4.78, 5) is 21.5. The maximum atomic E-state index is 11.4. The summed E-state index contributed by atoms with van der Waals surface area (Å²) in [5.74, 6) is 0. The highest BCUT2D eigenvalue weighted by atomic mass is 32.1. The Kier molecular flexibility index (Phi) is 3.43. The summed E-state index contributed by atoms with van der Waals surface area (Å²) in [7, 11) is 0. The third-order valence-electron chi connectivity index (χ3n) is 2.55. The number of carbonyl (C=O) groups excluding carboxylic acids is 1. The highest BCUT2D eigenvalue weighted by molar-refractivity contribution is 7.97. The molecule has 2 aromatic carbocycles. The number of rotatable bonds is 3. The fraction of sp³-hybridized carbons (Fsp3) is 0. The van der Waals surface area contributed by atoms with Crippen LogP contribution in [-0.2, 0) is 0 Å². The van der Waals surface area contributed by atoms with Crippen molar-refractivity contribution in [2.75, 3.05) is 0 Å². The van der Waals surface area contributed by atoms with Gasteiger partial charge in [-0.2, -0.15) is 0 Å². The molecule has 4 nitrogen and oxygen atoms in total. The quantitative estimate of drug-likeness (QED) is 0.522. The Morgan fingerprint density at radius 3 is 2.22 bits per heavy atom. The zero-order valence-electron chi connectivity index (χ0n) is 9.24. The monoisotopic (exact) mass is 259 g/mol. The number of hydrogen-bond donors (Lipinski definition) is 1. The molecule has 5 heteroatoms. The Bertz CT molecular complexity index is 608. The summed E-state index contributed by atoms with van der Waals surface area (Å²) >= 11 is 3.81. The van der Waals surface area contributed by atoms with E-state index < -0.39 is 4.92 Å². The van der Waals surface area contributed by atoms with Gasteiger partial charge >= 0.3 is 0 Å². The second-order valence-corrected chi connectivity index (χ2v) is 4.06. The number of non-ortho nitro benzene ring substituents is 1. The molecule has 18 heavy (non-hydrogen) atoms. The van der Waals surface area contributed by atoms with Crippen molar-refractivity contribution < 1.29 is 9.72 Å². The van der Waals surface area contributed by atoms with Crippen molar-refractivity contribution in [3.8, 4) is 11.1 Å². The van der Waals surface area contributed by atoms with E-state index in [-0.39, 0.29) is 10.8 Å². The largest absolute Gasteiger partial charge is 0.282 e. The minimum atomic E-state index is -0.459. The van der Waals surface area contributed by atoms with Crippen LogP contribution < -0.4 is 0 Å². The summed E-state index contributed by atoms with van der Waals surface area (Å²) < 4.78 is 0. The van der Waals surface area contributed by atoms with E-state index in [0.717, 1.165) is 5.56 Å². The third kappa shape index (κ3) is 2.41. The van der Waals surface area contributed by atoms with Crippen molar-refractivity contribution in [2.24, 2.45) is 0 Å². The van der Waals surface area contributed by atoms with E-state index in [4.69, 9.17) is 0 Å². The minimum absolute atomic E-state index is 0.0217. The first-order valence-electron chi connectivity index (χ1n) is 5.17. The van der Waals surface area contributed by atoms with E-state index >= 15 is 0 Å². The first kappa shape index (κ1) is 12.3. The Morgan fingerprint density at radius 1 is 1.06 bits per heavy atom. The van der Waals surface area contributed by atoms with Crippen LogP contribution in [0.25, 0.3) is 11.1 Å². The number of nitro benzene ring substituents is 1. The average Bonchev–Trinajstić information content (AvgIpc) is 2.39. The van der Waals surface area contributed by atoms with E-state index in [1.807, 2.05) is 0 Å². The van der Waals surface area contributed by atoms with Crippen LogP contribution in [0, 0.1) is 10.1 Å². The van der Waals surface area contributed by atoms with Gasteiger partial charge in [-0.3, -0.25) is 14.9 Å². The lowest BCUT2D eigenvalue weighted by Crippen LogP contribution is -1.93. The molecule has 0 spiro atoms. The Balaban J connectivity index is 2.49. The molecule has 2 rings (SSSR count). The molecule has 0 radical (unpaired) electrons. The summed E-state index contributed by atoms with van der Waals surface area (Å²) in [5, 5.41) is 10.2. The van der Waals surface area contributed by atoms with Crippen LogP contribution in [0.15, 0.2) is 48.5 Å². The molecule has 0 saturated heterocycles. The molecule has 0 heterocycles. The molecule has 90 valence electrons. The fourth-order valence-corrected chi connectivity index (χ4v) is 1.88. The van der Waals surface area contributed by atoms with Crippen molar-refractivity contribution in [1.82, 2.24) is 0 Å². The molecule has 0 unspecified atom stereocenters. The first-order chi connectivity index (χ1) is 8.59. The molecule has 0 amide bonds. The first-order valence-corrected chi connectivity index (χ1v) is 5.61. The van der Waals surface area contributed by atoms with Gasteiger partial charge in [0.2, 0.25) is 5.12 Å². The van der Waals surface area contributed by atoms with Gasteiger partial charge in [0.25, 0.3) is 5.69 Å². The Morgan fingerprint density at radius 2 is 1.67 bits per heavy atom. The van der Waals surface area contributed by atoms with Crippen LogP contribution in [0.1, 0.15) is 10.4 Å². The van der Waals surface area contributed by atoms with Gasteiger partial charge in [0.15, 0.2) is 0 Å². The van der Waals surface area contributed by atoms with Crippen LogP contribution >= 0.6 is 12.6 Å². The molecule has 0 fully saturated rings. The lowest BCUT2D eigenvalue weighted by Gasteiger charge is -2.06. The van der Waals surface area contributed by atoms with Crippen LogP contribution in [-0.4, -0.2) is 10.0 Å². The van der Waals surface area contributed by atoms with Crippen molar-refractivity contribution >= 4 is 23.4 Å². The lowest BCUT2D eigenvalue weighted by atomic mass is 10.0. The highest BCUT2D eigenvalue weighted by Crippen LogP contribution is 2.26. The molecule has 0 aliphatic carbocycles. The second-order valence-electron chi connectivity index (χ2n) is 3.65. The smallest absolute Gasteiger partial charge is 0.269 e. The fourth-order valence-electron chi connectivity index (χ4n) is 1.68.